The van der Waals surface area contributed by atoms with Crippen molar-refractivity contribution in [3.8, 4) is 0 Å². The number of fused-ring (bicyclic) bond motifs is 5. The van der Waals surface area contributed by atoms with E-state index in [0.717, 1.165) is 0 Å². The molecule has 0 aliphatic heterocycles. The first-order valence-corrected chi connectivity index (χ1v) is 7.00. The second kappa shape index (κ2) is 3.71. The molecular weight excluding hydrogens is 216 g/mol. The molecule has 4 rings (SSSR count). The zero-order valence-corrected chi connectivity index (χ0v) is 10.8. The Morgan fingerprint density at radius 3 is 2.61 bits per heavy atom. The van der Waals surface area contributed by atoms with Crippen LogP contribution in [-0.2, 0) is 0 Å². The van der Waals surface area contributed by atoms with E-state index in [-0.39, 0.29) is 0 Å². The van der Waals surface area contributed by atoms with E-state index in [0.29, 0.717) is 11.8 Å². The topological polar surface area (TPSA) is 0 Å². The summed E-state index contributed by atoms with van der Waals surface area (Å²) in [4.78, 5) is 0. The van der Waals surface area contributed by atoms with Crippen molar-refractivity contribution in [1.82, 2.24) is 0 Å². The molecule has 0 aromatic carbocycles. The van der Waals surface area contributed by atoms with Crippen LogP contribution in [0.1, 0.15) is 26.2 Å². The predicted molar refractivity (Wildman–Crippen MR) is 76.1 cm³/mol. The molecule has 0 amide bonds. The summed E-state index contributed by atoms with van der Waals surface area (Å²) in [6.45, 7) is 2.25. The Morgan fingerprint density at radius 2 is 1.72 bits per heavy atom. The Morgan fingerprint density at radius 1 is 0.944 bits per heavy atom. The van der Waals surface area contributed by atoms with Gasteiger partial charge in [-0.3, -0.25) is 0 Å². The van der Waals surface area contributed by atoms with Crippen molar-refractivity contribution >= 4 is 0 Å². The average Bonchev–Trinajstić information content (AvgIpc) is 2.86. The highest BCUT2D eigenvalue weighted by Gasteiger charge is 2.32. The lowest BCUT2D eigenvalue weighted by Crippen LogP contribution is -2.21. The zero-order valence-electron chi connectivity index (χ0n) is 10.8. The minimum Gasteiger partial charge on any atom is -0.0833 e. The van der Waals surface area contributed by atoms with Crippen molar-refractivity contribution in [1.29, 1.82) is 0 Å². The molecule has 4 aliphatic rings. The van der Waals surface area contributed by atoms with Gasteiger partial charge in [0.2, 0.25) is 0 Å². The normalized spacial score (nSPS) is 32.4. The maximum absolute atomic E-state index is 2.40. The molecule has 0 aromatic heterocycles. The van der Waals surface area contributed by atoms with Crippen molar-refractivity contribution in [2.75, 3.05) is 0 Å². The van der Waals surface area contributed by atoms with Gasteiger partial charge in [0.1, 0.15) is 0 Å². The van der Waals surface area contributed by atoms with Crippen LogP contribution in [-0.4, -0.2) is 0 Å². The average molecular weight is 234 g/mol. The Labute approximate surface area is 109 Å². The number of rotatable bonds is 0. The van der Waals surface area contributed by atoms with Gasteiger partial charge in [-0.2, -0.15) is 0 Å². The first-order valence-electron chi connectivity index (χ1n) is 7.00. The third-order valence-electron chi connectivity index (χ3n) is 4.72. The van der Waals surface area contributed by atoms with Crippen LogP contribution in [0.4, 0.5) is 0 Å². The third-order valence-corrected chi connectivity index (χ3v) is 4.72. The summed E-state index contributed by atoms with van der Waals surface area (Å²) in [6.07, 6.45) is 20.2. The zero-order chi connectivity index (χ0) is 12.1. The molecule has 90 valence electrons. The summed E-state index contributed by atoms with van der Waals surface area (Å²) in [7, 11) is 0. The highest BCUT2D eigenvalue weighted by atomic mass is 14.4. The van der Waals surface area contributed by atoms with Crippen LogP contribution in [0.5, 0.6) is 0 Å². The van der Waals surface area contributed by atoms with Gasteiger partial charge in [-0.1, -0.05) is 48.1 Å². The summed E-state index contributed by atoms with van der Waals surface area (Å²) in [6, 6.07) is 0. The van der Waals surface area contributed by atoms with E-state index in [1.165, 1.54) is 36.0 Å². The first kappa shape index (κ1) is 10.4. The van der Waals surface area contributed by atoms with E-state index >= 15 is 0 Å². The largest absolute Gasteiger partial charge is 0.0833 e. The lowest BCUT2D eigenvalue weighted by atomic mass is 9.70. The Balaban J connectivity index is 1.81. The fourth-order valence-corrected chi connectivity index (χ4v) is 3.77. The van der Waals surface area contributed by atoms with Gasteiger partial charge in [0.25, 0.3) is 0 Å². The van der Waals surface area contributed by atoms with Crippen molar-refractivity contribution in [3.63, 3.8) is 0 Å². The van der Waals surface area contributed by atoms with Gasteiger partial charge in [0.15, 0.2) is 0 Å². The third kappa shape index (κ3) is 1.38. The predicted octanol–water partition coefficient (Wildman–Crippen LogP) is 4.65. The van der Waals surface area contributed by atoms with Gasteiger partial charge in [-0.15, -0.1) is 0 Å². The van der Waals surface area contributed by atoms with Gasteiger partial charge in [-0.05, 0) is 48.5 Å². The summed E-state index contributed by atoms with van der Waals surface area (Å²) >= 11 is 0. The lowest BCUT2D eigenvalue weighted by molar-refractivity contribution is 0.602. The maximum atomic E-state index is 2.40. The van der Waals surface area contributed by atoms with E-state index in [4.69, 9.17) is 0 Å². The molecule has 2 atom stereocenters. The Hall–Kier alpha value is -1.56. The summed E-state index contributed by atoms with van der Waals surface area (Å²) in [5.41, 5.74) is 7.73. The molecule has 0 spiro atoms. The van der Waals surface area contributed by atoms with Crippen molar-refractivity contribution < 1.29 is 0 Å². The van der Waals surface area contributed by atoms with E-state index in [2.05, 4.69) is 49.5 Å². The van der Waals surface area contributed by atoms with Crippen molar-refractivity contribution in [3.05, 3.63) is 70.4 Å². The molecule has 0 saturated heterocycles. The maximum Gasteiger partial charge on any atom is 0.0127 e. The standard InChI is InChI=1S/C18H18/c1-12-5-8-16-14(11-12)7-10-17-15-4-2-3-13(15)6-9-18(16)17/h2-3,6-7,9-11,15-16H,4-5,8H2,1H3/t15-,16+/m1/s1. The Bertz CT molecular complexity index is 588. The molecule has 0 nitrogen and oxygen atoms in total. The second-order valence-electron chi connectivity index (χ2n) is 5.85. The number of hydrogen-bond acceptors (Lipinski definition) is 0. The van der Waals surface area contributed by atoms with Crippen LogP contribution in [0, 0.1) is 11.8 Å². The van der Waals surface area contributed by atoms with Crippen molar-refractivity contribution in [2.45, 2.75) is 26.2 Å². The monoisotopic (exact) mass is 234 g/mol. The SMILES string of the molecule is CC1=CC2=CC=C3C(=CC=C4C=CC[C@H]43)[C@H]2CC1. The minimum absolute atomic E-state index is 0.648. The minimum atomic E-state index is 0.648. The van der Waals surface area contributed by atoms with Crippen LogP contribution >= 0.6 is 0 Å². The molecule has 0 saturated carbocycles. The Kier molecular flexibility index (Phi) is 2.14. The van der Waals surface area contributed by atoms with E-state index in [1.54, 1.807) is 11.1 Å². The van der Waals surface area contributed by atoms with Gasteiger partial charge in [-0.25, -0.2) is 0 Å². The van der Waals surface area contributed by atoms with Crippen molar-refractivity contribution in [2.24, 2.45) is 11.8 Å². The quantitative estimate of drug-likeness (QED) is 0.572. The molecule has 18 heavy (non-hydrogen) atoms. The van der Waals surface area contributed by atoms with Gasteiger partial charge < -0.3 is 0 Å². The van der Waals surface area contributed by atoms with Gasteiger partial charge in [0, 0.05) is 11.8 Å². The summed E-state index contributed by atoms with van der Waals surface area (Å²) in [5.74, 6) is 1.31. The second-order valence-corrected chi connectivity index (χ2v) is 5.85. The highest BCUT2D eigenvalue weighted by Crippen LogP contribution is 2.47. The highest BCUT2D eigenvalue weighted by molar-refractivity contribution is 5.58. The van der Waals surface area contributed by atoms with E-state index < -0.39 is 0 Å². The van der Waals surface area contributed by atoms with E-state index in [9.17, 15) is 0 Å². The molecule has 0 aromatic rings. The number of allylic oxidation sites excluding steroid dienone is 12. The van der Waals surface area contributed by atoms with Crippen LogP contribution in [0.2, 0.25) is 0 Å². The molecule has 0 N–H and O–H groups in total. The molecule has 0 heterocycles. The fourth-order valence-electron chi connectivity index (χ4n) is 3.77. The van der Waals surface area contributed by atoms with Crippen LogP contribution in [0.15, 0.2) is 70.4 Å². The molecule has 0 radical (unpaired) electrons. The molecular formula is C18H18. The van der Waals surface area contributed by atoms with Crippen LogP contribution < -0.4 is 0 Å². The summed E-state index contributed by atoms with van der Waals surface area (Å²) in [5, 5.41) is 0. The molecule has 0 fully saturated rings. The number of hydrogen-bond donors (Lipinski definition) is 0. The fraction of sp³-hybridized carbons (Fsp3) is 0.333. The molecule has 4 aliphatic carbocycles. The lowest BCUT2D eigenvalue weighted by Gasteiger charge is -2.34. The molecule has 0 unspecified atom stereocenters. The van der Waals surface area contributed by atoms with E-state index in [1.807, 2.05) is 0 Å². The van der Waals surface area contributed by atoms with Crippen LogP contribution in [0.25, 0.3) is 0 Å². The molecule has 0 bridgehead atoms. The van der Waals surface area contributed by atoms with Gasteiger partial charge in [0.05, 0.1) is 0 Å². The first-order chi connectivity index (χ1) is 8.83. The smallest absolute Gasteiger partial charge is 0.0127 e. The summed E-state index contributed by atoms with van der Waals surface area (Å²) < 4.78 is 0. The van der Waals surface area contributed by atoms with Gasteiger partial charge >= 0.3 is 0 Å². The molecule has 0 heteroatoms. The van der Waals surface area contributed by atoms with Crippen LogP contribution in [0.3, 0.4) is 0 Å².